The maximum atomic E-state index is 11.3. The van der Waals surface area contributed by atoms with Crippen LogP contribution in [0.15, 0.2) is 35.3 Å². The van der Waals surface area contributed by atoms with E-state index in [1.54, 1.807) is 7.05 Å². The molecule has 2 aromatic rings. The molecule has 1 aliphatic rings. The molecule has 0 saturated carbocycles. The third-order valence-electron chi connectivity index (χ3n) is 4.52. The molecule has 3 rings (SSSR count). The number of carbonyl (C=O) groups is 1. The van der Waals surface area contributed by atoms with Crippen LogP contribution in [-0.2, 0) is 11.3 Å². The van der Waals surface area contributed by atoms with Crippen molar-refractivity contribution in [2.45, 2.75) is 25.4 Å². The minimum Gasteiger partial charge on any atom is -0.363 e. The summed E-state index contributed by atoms with van der Waals surface area (Å²) < 4.78 is 0. The van der Waals surface area contributed by atoms with Gasteiger partial charge < -0.3 is 20.9 Å². The Hall–Kier alpha value is -2.10. The number of anilines is 1. The molecule has 1 aromatic carbocycles. The summed E-state index contributed by atoms with van der Waals surface area (Å²) in [6, 6.07) is 10.5. The molecule has 1 atom stereocenters. The number of rotatable bonds is 4. The highest BCUT2D eigenvalue weighted by atomic mass is 127. The maximum absolute atomic E-state index is 11.3. The van der Waals surface area contributed by atoms with Crippen LogP contribution in [0.5, 0.6) is 0 Å². The lowest BCUT2D eigenvalue weighted by molar-refractivity contribution is -0.122. The van der Waals surface area contributed by atoms with Crippen LogP contribution < -0.4 is 20.9 Å². The molecule has 0 bridgehead atoms. The predicted molar refractivity (Wildman–Crippen MR) is 121 cm³/mol. The number of hydrogen-bond donors (Lipinski definition) is 3. The molecular weight excluding hydrogens is 455 g/mol. The first-order valence-electron chi connectivity index (χ1n) is 8.86. The van der Waals surface area contributed by atoms with E-state index < -0.39 is 0 Å². The first-order valence-corrected chi connectivity index (χ1v) is 8.86. The highest BCUT2D eigenvalue weighted by Crippen LogP contribution is 2.22. The van der Waals surface area contributed by atoms with E-state index in [1.165, 1.54) is 5.56 Å². The number of halogens is 1. The fraction of sp³-hybridized carbons (Fsp3) is 0.421. The molecule has 146 valence electrons. The Labute approximate surface area is 177 Å². The van der Waals surface area contributed by atoms with Crippen molar-refractivity contribution >= 4 is 52.6 Å². The second kappa shape index (κ2) is 9.72. The van der Waals surface area contributed by atoms with Gasteiger partial charge in [-0.2, -0.15) is 0 Å². The normalized spacial score (nSPS) is 17.1. The van der Waals surface area contributed by atoms with E-state index in [2.05, 4.69) is 33.1 Å². The van der Waals surface area contributed by atoms with Crippen molar-refractivity contribution in [1.29, 1.82) is 0 Å². The van der Waals surface area contributed by atoms with Crippen LogP contribution in [-0.4, -0.2) is 50.6 Å². The van der Waals surface area contributed by atoms with Gasteiger partial charge in [-0.1, -0.05) is 18.2 Å². The van der Waals surface area contributed by atoms with Crippen molar-refractivity contribution in [3.05, 3.63) is 35.9 Å². The minimum atomic E-state index is 0. The molecule has 1 aromatic heterocycles. The third kappa shape index (κ3) is 5.44. The first-order chi connectivity index (χ1) is 12.6. The lowest BCUT2D eigenvalue weighted by Gasteiger charge is -2.25. The van der Waals surface area contributed by atoms with Gasteiger partial charge in [0.15, 0.2) is 5.96 Å². The average Bonchev–Trinajstić information content (AvgIpc) is 2.66. The van der Waals surface area contributed by atoms with Crippen molar-refractivity contribution < 1.29 is 4.79 Å². The van der Waals surface area contributed by atoms with Crippen molar-refractivity contribution in [1.82, 2.24) is 20.9 Å². The number of nitrogens with one attached hydrogen (secondary N) is 3. The Balaban J connectivity index is 0.00000261. The number of pyridine rings is 1. The Bertz CT molecular complexity index is 813. The van der Waals surface area contributed by atoms with Gasteiger partial charge in [-0.25, -0.2) is 4.98 Å². The third-order valence-corrected chi connectivity index (χ3v) is 4.52. The van der Waals surface area contributed by atoms with E-state index in [1.807, 2.05) is 37.2 Å². The van der Waals surface area contributed by atoms with Gasteiger partial charge >= 0.3 is 0 Å². The standard InChI is InChI=1S/C19H26N6O.HI/c1-20-19(23-14-8-9-18(26)21-12-14)22-11-13-10-17(25(2)3)24-16-7-5-4-6-15(13)16;/h4-7,10,14H,8-9,11-12H2,1-3H3,(H,21,26)(H2,20,22,23);1H. The molecule has 8 heteroatoms. The van der Waals surface area contributed by atoms with E-state index in [9.17, 15) is 4.79 Å². The summed E-state index contributed by atoms with van der Waals surface area (Å²) in [6.45, 7) is 1.27. The van der Waals surface area contributed by atoms with Gasteiger partial charge in [0, 0.05) is 52.1 Å². The Morgan fingerprint density at radius 3 is 2.81 bits per heavy atom. The number of carbonyl (C=O) groups excluding carboxylic acids is 1. The molecule has 1 saturated heterocycles. The summed E-state index contributed by atoms with van der Waals surface area (Å²) in [5.74, 6) is 1.78. The molecule has 1 fully saturated rings. The van der Waals surface area contributed by atoms with Crippen LogP contribution in [0.25, 0.3) is 10.9 Å². The zero-order chi connectivity index (χ0) is 18.5. The van der Waals surface area contributed by atoms with Gasteiger partial charge in [-0.15, -0.1) is 24.0 Å². The number of hydrogen-bond acceptors (Lipinski definition) is 4. The molecular formula is C19H27IN6O. The summed E-state index contributed by atoms with van der Waals surface area (Å²) >= 11 is 0. The Morgan fingerprint density at radius 2 is 2.15 bits per heavy atom. The first kappa shape index (κ1) is 21.2. The molecule has 27 heavy (non-hydrogen) atoms. The molecule has 3 N–H and O–H groups in total. The molecule has 1 amide bonds. The largest absolute Gasteiger partial charge is 0.363 e. The van der Waals surface area contributed by atoms with Crippen LogP contribution in [0.1, 0.15) is 18.4 Å². The molecule has 7 nitrogen and oxygen atoms in total. The number of amides is 1. The topological polar surface area (TPSA) is 81.7 Å². The molecule has 0 aliphatic carbocycles. The second-order valence-corrected chi connectivity index (χ2v) is 6.66. The lowest BCUT2D eigenvalue weighted by Crippen LogP contribution is -2.51. The van der Waals surface area contributed by atoms with Crippen LogP contribution in [0, 0.1) is 0 Å². The monoisotopic (exact) mass is 482 g/mol. The van der Waals surface area contributed by atoms with Crippen LogP contribution in [0.3, 0.4) is 0 Å². The summed E-state index contributed by atoms with van der Waals surface area (Å²) in [6.07, 6.45) is 1.37. The van der Waals surface area contributed by atoms with Gasteiger partial charge in [0.2, 0.25) is 5.91 Å². The van der Waals surface area contributed by atoms with Gasteiger partial charge in [0.05, 0.1) is 5.52 Å². The average molecular weight is 482 g/mol. The quantitative estimate of drug-likeness (QED) is 0.352. The second-order valence-electron chi connectivity index (χ2n) is 6.66. The molecule has 0 spiro atoms. The number of guanidine groups is 1. The summed E-state index contributed by atoms with van der Waals surface area (Å²) in [4.78, 5) is 22.3. The van der Waals surface area contributed by atoms with E-state index >= 15 is 0 Å². The number of nitrogens with zero attached hydrogens (tertiary/aromatic N) is 3. The number of fused-ring (bicyclic) bond motifs is 1. The fourth-order valence-corrected chi connectivity index (χ4v) is 3.03. The SMILES string of the molecule is CN=C(NCc1cc(N(C)C)nc2ccccc12)NC1CCC(=O)NC1.I. The van der Waals surface area contributed by atoms with Gasteiger partial charge in [-0.3, -0.25) is 9.79 Å². The number of para-hydroxylation sites is 1. The maximum Gasteiger partial charge on any atom is 0.220 e. The fourth-order valence-electron chi connectivity index (χ4n) is 3.03. The number of benzene rings is 1. The van der Waals surface area contributed by atoms with Crippen LogP contribution in [0.4, 0.5) is 5.82 Å². The minimum absolute atomic E-state index is 0. The predicted octanol–water partition coefficient (Wildman–Crippen LogP) is 1.86. The summed E-state index contributed by atoms with van der Waals surface area (Å²) in [5, 5.41) is 10.8. The Kier molecular flexibility index (Phi) is 7.64. The zero-order valence-corrected chi connectivity index (χ0v) is 18.3. The lowest BCUT2D eigenvalue weighted by atomic mass is 10.1. The highest BCUT2D eigenvalue weighted by molar-refractivity contribution is 14.0. The van der Waals surface area contributed by atoms with E-state index in [0.29, 0.717) is 19.5 Å². The molecule has 0 radical (unpaired) electrons. The van der Waals surface area contributed by atoms with E-state index in [0.717, 1.165) is 29.1 Å². The van der Waals surface area contributed by atoms with Crippen molar-refractivity contribution in [3.63, 3.8) is 0 Å². The number of aromatic nitrogens is 1. The van der Waals surface area contributed by atoms with E-state index in [-0.39, 0.29) is 35.9 Å². The molecule has 1 unspecified atom stereocenters. The summed E-state index contributed by atoms with van der Waals surface area (Å²) in [5.41, 5.74) is 2.15. The van der Waals surface area contributed by atoms with Crippen LogP contribution >= 0.6 is 24.0 Å². The van der Waals surface area contributed by atoms with Gasteiger partial charge in [0.25, 0.3) is 0 Å². The number of aliphatic imine (C=N–C) groups is 1. The molecule has 2 heterocycles. The van der Waals surface area contributed by atoms with Crippen molar-refractivity contribution in [3.8, 4) is 0 Å². The Morgan fingerprint density at radius 1 is 1.37 bits per heavy atom. The number of piperidine rings is 1. The smallest absolute Gasteiger partial charge is 0.220 e. The van der Waals surface area contributed by atoms with Gasteiger partial charge in [-0.05, 0) is 24.1 Å². The zero-order valence-electron chi connectivity index (χ0n) is 16.0. The van der Waals surface area contributed by atoms with Crippen molar-refractivity contribution in [2.75, 3.05) is 32.6 Å². The van der Waals surface area contributed by atoms with Gasteiger partial charge in [0.1, 0.15) is 5.82 Å². The van der Waals surface area contributed by atoms with E-state index in [4.69, 9.17) is 4.98 Å². The highest BCUT2D eigenvalue weighted by Gasteiger charge is 2.18. The van der Waals surface area contributed by atoms with Crippen molar-refractivity contribution in [2.24, 2.45) is 4.99 Å². The molecule has 1 aliphatic heterocycles. The van der Waals surface area contributed by atoms with Crippen LogP contribution in [0.2, 0.25) is 0 Å². The summed E-state index contributed by atoms with van der Waals surface area (Å²) in [7, 11) is 5.74.